The van der Waals surface area contributed by atoms with Crippen molar-refractivity contribution in [3.63, 3.8) is 0 Å². The Kier molecular flexibility index (Phi) is 31.6. The van der Waals surface area contributed by atoms with Gasteiger partial charge in [-0.1, -0.05) is 120 Å². The number of aliphatic hydroxyl groups is 3. The predicted molar refractivity (Wildman–Crippen MR) is 404 cm³/mol. The van der Waals surface area contributed by atoms with Gasteiger partial charge in [0.15, 0.2) is 6.10 Å². The molecule has 1 aromatic heterocycles. The number of amides is 8. The summed E-state index contributed by atoms with van der Waals surface area (Å²) in [5, 5.41) is 79.8. The number of para-hydroxylation sites is 1. The van der Waals surface area contributed by atoms with Crippen LogP contribution in [-0.2, 0) is 87.2 Å². The summed E-state index contributed by atoms with van der Waals surface area (Å²) in [7, 11) is 4.67. The van der Waals surface area contributed by atoms with Gasteiger partial charge in [-0.2, -0.15) is 0 Å². The second-order valence-electron chi connectivity index (χ2n) is 29.4. The van der Waals surface area contributed by atoms with Crippen LogP contribution in [0.15, 0.2) is 103 Å². The van der Waals surface area contributed by atoms with Crippen molar-refractivity contribution in [2.75, 3.05) is 64.3 Å². The van der Waals surface area contributed by atoms with Crippen LogP contribution in [0.3, 0.4) is 0 Å². The van der Waals surface area contributed by atoms with Crippen LogP contribution in [0.5, 0.6) is 5.75 Å². The molecule has 5 aromatic rings. The monoisotopic (exact) mass is 1530 g/mol. The summed E-state index contributed by atoms with van der Waals surface area (Å²) in [4.78, 5) is 138. The Bertz CT molecular complexity index is 4100. The molecule has 7 rings (SSSR count). The number of carboxylic acids is 2. The molecule has 598 valence electrons. The number of aromatic nitrogens is 3. The number of hydrogen-bond acceptors (Lipinski definition) is 21. The highest BCUT2D eigenvalue weighted by Crippen LogP contribution is 2.42. The summed E-state index contributed by atoms with van der Waals surface area (Å²) in [5.41, 5.74) is 4.30. The van der Waals surface area contributed by atoms with E-state index in [1.807, 2.05) is 116 Å². The van der Waals surface area contributed by atoms with Crippen molar-refractivity contribution < 1.29 is 97.2 Å². The minimum Gasteiger partial charge on any atom is -0.479 e. The minimum atomic E-state index is -2.04. The van der Waals surface area contributed by atoms with Gasteiger partial charge < -0.3 is 90.9 Å². The van der Waals surface area contributed by atoms with Crippen molar-refractivity contribution in [2.45, 2.75) is 194 Å². The number of nitrogens with one attached hydrogen (secondary N) is 7. The van der Waals surface area contributed by atoms with Gasteiger partial charge in [0.2, 0.25) is 47.6 Å². The second-order valence-corrected chi connectivity index (χ2v) is 29.4. The number of methoxy groups -OCH3 is 1. The zero-order valence-electron chi connectivity index (χ0n) is 64.6. The van der Waals surface area contributed by atoms with Crippen LogP contribution in [-0.4, -0.2) is 214 Å². The molecule has 0 aliphatic carbocycles. The number of aliphatic carboxylic acids is 2. The van der Waals surface area contributed by atoms with Gasteiger partial charge in [-0.05, 0) is 99.0 Å². The molecule has 1 saturated heterocycles. The highest BCUT2D eigenvalue weighted by atomic mass is 16.7. The van der Waals surface area contributed by atoms with Gasteiger partial charge in [0.1, 0.15) is 48.4 Å². The molecule has 4 aromatic carbocycles. The Morgan fingerprint density at radius 3 is 2.10 bits per heavy atom. The summed E-state index contributed by atoms with van der Waals surface area (Å²) >= 11 is 0. The van der Waals surface area contributed by atoms with Gasteiger partial charge in [-0.25, -0.2) is 19.1 Å². The van der Waals surface area contributed by atoms with E-state index in [9.17, 15) is 73.5 Å². The van der Waals surface area contributed by atoms with Gasteiger partial charge in [0, 0.05) is 98.9 Å². The number of fused-ring (bicyclic) bond motifs is 5. The molecule has 3 heterocycles. The summed E-state index contributed by atoms with van der Waals surface area (Å²) in [6, 6.07) is 22.3. The van der Waals surface area contributed by atoms with Crippen molar-refractivity contribution in [1.29, 1.82) is 0 Å². The molecule has 2 aliphatic heterocycles. The van der Waals surface area contributed by atoms with E-state index in [0.717, 1.165) is 22.4 Å². The highest BCUT2D eigenvalue weighted by Gasteiger charge is 2.49. The zero-order valence-corrected chi connectivity index (χ0v) is 64.6. The third kappa shape index (κ3) is 23.2. The lowest BCUT2D eigenvalue weighted by Gasteiger charge is -2.40. The normalized spacial score (nSPS) is 17.5. The SMILES string of the molecule is CNC(C(=O)NC(C(=O)N(C)C(/C=C(\C)C(=O)O)C(C)C)C(C)(C)C)C(C)(C)c1cccc(NC(=O)OCc2ccc(OC3OC(C(=O)O)C(O)C(O)C3O)c(CNC(=O)CCNC(=O)C(CNC(=O)CCOCCOC)NC(=O)CCCCC(=O)N3Cc4ccccc4-c4c(nnn4C(C)C)-c4ccccc43)c2)c1. The molecule has 0 saturated carbocycles. The molecule has 12 N–H and O–H groups in total. The van der Waals surface area contributed by atoms with Crippen LogP contribution in [0, 0.1) is 11.3 Å². The van der Waals surface area contributed by atoms with E-state index < -0.39 is 126 Å². The lowest BCUT2D eigenvalue weighted by molar-refractivity contribution is -0.271. The van der Waals surface area contributed by atoms with Gasteiger partial charge in [-0.3, -0.25) is 38.9 Å². The van der Waals surface area contributed by atoms with E-state index >= 15 is 0 Å². The third-order valence-corrected chi connectivity index (χ3v) is 19.1. The Balaban J connectivity index is 0.989. The molecule has 1 fully saturated rings. The molecule has 8 amide bonds. The Labute approximate surface area is 639 Å². The fourth-order valence-corrected chi connectivity index (χ4v) is 12.8. The molecule has 0 radical (unpaired) electrons. The molecule has 110 heavy (non-hydrogen) atoms. The van der Waals surface area contributed by atoms with E-state index in [0.29, 0.717) is 35.5 Å². The maximum atomic E-state index is 14.4. The smallest absolute Gasteiger partial charge is 0.411 e. The molecular formula is C78H106N12O20. The first kappa shape index (κ1) is 87.0. The number of carboxylic acid groups (broad SMARTS) is 2. The number of carbonyl (C=O) groups is 10. The average Bonchev–Trinajstić information content (AvgIpc) is 1.54. The maximum Gasteiger partial charge on any atom is 0.411 e. The first-order valence-corrected chi connectivity index (χ1v) is 36.6. The van der Waals surface area contributed by atoms with E-state index in [1.165, 1.54) is 43.2 Å². The molecule has 0 bridgehead atoms. The fourth-order valence-electron chi connectivity index (χ4n) is 12.8. The van der Waals surface area contributed by atoms with Crippen molar-refractivity contribution in [3.8, 4) is 28.3 Å². The van der Waals surface area contributed by atoms with Crippen LogP contribution >= 0.6 is 0 Å². The number of unbranched alkanes of at least 4 members (excludes halogenated alkanes) is 1. The lowest BCUT2D eigenvalue weighted by atomic mass is 9.76. The lowest BCUT2D eigenvalue weighted by Crippen LogP contribution is -2.61. The van der Waals surface area contributed by atoms with Gasteiger partial charge >= 0.3 is 18.0 Å². The molecule has 32 heteroatoms. The molecule has 32 nitrogen and oxygen atoms in total. The molecule has 9 unspecified atom stereocenters. The number of aliphatic hydroxyl groups excluding tert-OH is 3. The van der Waals surface area contributed by atoms with Crippen molar-refractivity contribution in [2.24, 2.45) is 11.3 Å². The van der Waals surface area contributed by atoms with E-state index in [2.05, 4.69) is 47.5 Å². The Morgan fingerprint density at radius 1 is 0.736 bits per heavy atom. The minimum absolute atomic E-state index is 0.00766. The van der Waals surface area contributed by atoms with Crippen LogP contribution in [0.4, 0.5) is 16.2 Å². The number of rotatable bonds is 37. The largest absolute Gasteiger partial charge is 0.479 e. The summed E-state index contributed by atoms with van der Waals surface area (Å²) in [5.74, 6) is -6.62. The molecule has 2 aliphatic rings. The predicted octanol–water partition coefficient (Wildman–Crippen LogP) is 5.01. The van der Waals surface area contributed by atoms with Crippen molar-refractivity contribution in [1.82, 2.24) is 51.8 Å². The van der Waals surface area contributed by atoms with Crippen LogP contribution in [0.25, 0.3) is 22.5 Å². The highest BCUT2D eigenvalue weighted by molar-refractivity contribution is 6.00. The Morgan fingerprint density at radius 2 is 1.43 bits per heavy atom. The average molecular weight is 1530 g/mol. The van der Waals surface area contributed by atoms with Gasteiger partial charge in [-0.15, -0.1) is 5.10 Å². The van der Waals surface area contributed by atoms with E-state index in [-0.39, 0.29) is 112 Å². The number of ether oxygens (including phenoxy) is 5. The standard InChI is InChI=1S/C78H106N12O20/c1-44(2)56(37-46(5)73(101)102)88(12)72(100)69(77(6,7)8)85-71(99)68(79-11)78(9,10)50-22-20-23-51(39-50)83-76(105)108-43-47-29-30-57(109-75-66(97)64(95)65(96)67(110-75)74(103)104)49(38-47)40-81-58(91)31-33-80-70(98)54(41-82-59(92)32-34-107-36-35-106-13)84-60(93)27-18-19-28-61(94)89-42-48-21-14-15-24-52(48)63-62(86-87-90(63)45(3)4)53-25-16-17-26-55(53)89/h14-17,20-26,29-30,37-39,44-45,54,56,64-69,75,79,95-97H,18-19,27-28,31-36,40-43H2,1-13H3,(H,80,98)(H,81,91)(H,82,92)(H,83,105)(H,84,93)(H,85,99)(H,101,102)(H,103,104)/b46-37+. The van der Waals surface area contributed by atoms with Crippen LogP contribution in [0.2, 0.25) is 0 Å². The molecular weight excluding hydrogens is 1420 g/mol. The van der Waals surface area contributed by atoms with Crippen LogP contribution < -0.4 is 46.9 Å². The number of anilines is 2. The van der Waals surface area contributed by atoms with Gasteiger partial charge in [0.05, 0.1) is 49.8 Å². The quantitative estimate of drug-likeness (QED) is 0.0184. The molecule has 9 atom stereocenters. The summed E-state index contributed by atoms with van der Waals surface area (Å²) in [6.45, 7) is 17.7. The number of likely N-dealkylation sites (N-methyl/N-ethyl adjacent to an activating group) is 2. The van der Waals surface area contributed by atoms with Crippen molar-refractivity contribution >= 4 is 70.8 Å². The van der Waals surface area contributed by atoms with E-state index in [1.54, 1.807) is 43.3 Å². The second kappa shape index (κ2) is 39.9. The maximum absolute atomic E-state index is 14.4. The fraction of sp³-hybridized carbons (Fsp3) is 0.513. The Hall–Kier alpha value is -10.2. The topological polar surface area (TPSA) is 439 Å². The first-order chi connectivity index (χ1) is 52.1. The summed E-state index contributed by atoms with van der Waals surface area (Å²) < 4.78 is 29.2. The first-order valence-electron chi connectivity index (χ1n) is 36.6. The van der Waals surface area contributed by atoms with Crippen molar-refractivity contribution in [3.05, 3.63) is 125 Å². The zero-order chi connectivity index (χ0) is 80.9. The van der Waals surface area contributed by atoms with Gasteiger partial charge in [0.25, 0.3) is 0 Å². The number of carbonyl (C=O) groups excluding carboxylic acids is 8. The summed E-state index contributed by atoms with van der Waals surface area (Å²) in [6.07, 6.45) is -9.22. The van der Waals surface area contributed by atoms with E-state index in [4.69, 9.17) is 23.7 Å². The number of hydrogen-bond donors (Lipinski definition) is 12. The number of nitrogens with zero attached hydrogens (tertiary/aromatic N) is 5. The molecule has 0 spiro atoms. The third-order valence-electron chi connectivity index (χ3n) is 19.1. The van der Waals surface area contributed by atoms with Crippen LogP contribution in [0.1, 0.15) is 136 Å². The number of benzene rings is 4.